The SMILES string of the molecule is CC(C)CCC[n+]1ccccc1. The summed E-state index contributed by atoms with van der Waals surface area (Å²) < 4.78 is 2.24. The highest BCUT2D eigenvalue weighted by atomic mass is 14.9. The molecule has 0 atom stereocenters. The van der Waals surface area contributed by atoms with Gasteiger partial charge in [-0.05, 0) is 12.3 Å². The third-order valence-electron chi connectivity index (χ3n) is 1.98. The van der Waals surface area contributed by atoms with Gasteiger partial charge in [0.05, 0.1) is 0 Å². The zero-order valence-electron chi connectivity index (χ0n) is 8.03. The lowest BCUT2D eigenvalue weighted by atomic mass is 10.1. The monoisotopic (exact) mass is 164 g/mol. The average molecular weight is 164 g/mol. The molecule has 0 amide bonds. The lowest BCUT2D eigenvalue weighted by Crippen LogP contribution is -2.32. The van der Waals surface area contributed by atoms with Gasteiger partial charge < -0.3 is 0 Å². The zero-order valence-corrected chi connectivity index (χ0v) is 8.03. The average Bonchev–Trinajstić information content (AvgIpc) is 2.05. The van der Waals surface area contributed by atoms with E-state index < -0.39 is 0 Å². The van der Waals surface area contributed by atoms with Crippen molar-refractivity contribution in [3.05, 3.63) is 30.6 Å². The molecule has 1 heteroatoms. The second-order valence-electron chi connectivity index (χ2n) is 3.65. The van der Waals surface area contributed by atoms with Crippen LogP contribution in [0.4, 0.5) is 0 Å². The number of hydrogen-bond acceptors (Lipinski definition) is 0. The molecule has 1 nitrogen and oxygen atoms in total. The van der Waals surface area contributed by atoms with Crippen LogP contribution < -0.4 is 4.57 Å². The first-order valence-electron chi connectivity index (χ1n) is 4.73. The van der Waals surface area contributed by atoms with E-state index in [-0.39, 0.29) is 0 Å². The highest BCUT2D eigenvalue weighted by molar-refractivity contribution is 4.83. The van der Waals surface area contributed by atoms with Gasteiger partial charge in [-0.3, -0.25) is 0 Å². The van der Waals surface area contributed by atoms with Crippen LogP contribution in [0.1, 0.15) is 26.7 Å². The summed E-state index contributed by atoms with van der Waals surface area (Å²) >= 11 is 0. The van der Waals surface area contributed by atoms with Crippen molar-refractivity contribution in [2.24, 2.45) is 5.92 Å². The Hall–Kier alpha value is -0.850. The van der Waals surface area contributed by atoms with E-state index in [1.54, 1.807) is 0 Å². The summed E-state index contributed by atoms with van der Waals surface area (Å²) in [7, 11) is 0. The summed E-state index contributed by atoms with van der Waals surface area (Å²) in [5, 5.41) is 0. The molecule has 0 aliphatic rings. The first-order valence-corrected chi connectivity index (χ1v) is 4.73. The van der Waals surface area contributed by atoms with Crippen LogP contribution in [0.5, 0.6) is 0 Å². The molecule has 0 aliphatic heterocycles. The van der Waals surface area contributed by atoms with Crippen molar-refractivity contribution in [2.45, 2.75) is 33.2 Å². The predicted octanol–water partition coefficient (Wildman–Crippen LogP) is 2.41. The van der Waals surface area contributed by atoms with Gasteiger partial charge in [0.1, 0.15) is 6.54 Å². The largest absolute Gasteiger partial charge is 0.205 e. The van der Waals surface area contributed by atoms with Gasteiger partial charge in [-0.1, -0.05) is 19.9 Å². The number of nitrogens with zero attached hydrogens (tertiary/aromatic N) is 1. The number of hydrogen-bond donors (Lipinski definition) is 0. The van der Waals surface area contributed by atoms with Crippen LogP contribution in [0.2, 0.25) is 0 Å². The topological polar surface area (TPSA) is 3.88 Å². The molecule has 1 aromatic rings. The number of pyridine rings is 1. The van der Waals surface area contributed by atoms with Gasteiger partial charge in [0, 0.05) is 18.6 Å². The number of aryl methyl sites for hydroxylation is 1. The summed E-state index contributed by atoms with van der Waals surface area (Å²) in [5.74, 6) is 0.828. The van der Waals surface area contributed by atoms with Crippen molar-refractivity contribution >= 4 is 0 Å². The maximum Gasteiger partial charge on any atom is 0.168 e. The van der Waals surface area contributed by atoms with E-state index in [1.165, 1.54) is 12.8 Å². The maximum absolute atomic E-state index is 2.27. The standard InChI is InChI=1S/C11H18N/c1-11(2)7-6-10-12-8-4-3-5-9-12/h3-5,8-9,11H,6-7,10H2,1-2H3/q+1. The molecule has 0 aliphatic carbocycles. The Labute approximate surface area is 75.1 Å². The Morgan fingerprint density at radius 1 is 1.08 bits per heavy atom. The molecule has 0 saturated heterocycles. The fourth-order valence-electron chi connectivity index (χ4n) is 1.27. The smallest absolute Gasteiger partial charge is 0.168 e. The lowest BCUT2D eigenvalue weighted by Gasteiger charge is -2.00. The zero-order chi connectivity index (χ0) is 8.81. The number of rotatable bonds is 4. The van der Waals surface area contributed by atoms with E-state index >= 15 is 0 Å². The van der Waals surface area contributed by atoms with Crippen molar-refractivity contribution in [1.29, 1.82) is 0 Å². The fraction of sp³-hybridized carbons (Fsp3) is 0.545. The minimum atomic E-state index is 0.828. The highest BCUT2D eigenvalue weighted by Gasteiger charge is 1.99. The van der Waals surface area contributed by atoms with Gasteiger partial charge in [0.2, 0.25) is 0 Å². The van der Waals surface area contributed by atoms with E-state index in [0.717, 1.165) is 12.5 Å². The van der Waals surface area contributed by atoms with Crippen LogP contribution in [0.15, 0.2) is 30.6 Å². The van der Waals surface area contributed by atoms with E-state index in [2.05, 4.69) is 49.0 Å². The van der Waals surface area contributed by atoms with Crippen LogP contribution >= 0.6 is 0 Å². The van der Waals surface area contributed by atoms with E-state index in [0.29, 0.717) is 0 Å². The normalized spacial score (nSPS) is 10.6. The van der Waals surface area contributed by atoms with Crippen LogP contribution in [0.3, 0.4) is 0 Å². The van der Waals surface area contributed by atoms with Crippen molar-refractivity contribution in [1.82, 2.24) is 0 Å². The van der Waals surface area contributed by atoms with Gasteiger partial charge in [-0.2, -0.15) is 0 Å². The van der Waals surface area contributed by atoms with E-state index in [4.69, 9.17) is 0 Å². The summed E-state index contributed by atoms with van der Waals surface area (Å²) in [5.41, 5.74) is 0. The Balaban J connectivity index is 2.25. The van der Waals surface area contributed by atoms with Crippen molar-refractivity contribution < 1.29 is 4.57 Å². The molecule has 0 bridgehead atoms. The Bertz CT molecular complexity index is 204. The molecule has 1 heterocycles. The molecule has 0 fully saturated rings. The molecule has 0 radical (unpaired) electrons. The molecule has 0 spiro atoms. The molecular weight excluding hydrogens is 146 g/mol. The third kappa shape index (κ3) is 3.51. The fourth-order valence-corrected chi connectivity index (χ4v) is 1.27. The molecular formula is C11H18N+. The lowest BCUT2D eigenvalue weighted by molar-refractivity contribution is -0.697. The molecule has 12 heavy (non-hydrogen) atoms. The molecule has 0 aromatic carbocycles. The first-order chi connectivity index (χ1) is 5.79. The molecule has 1 rings (SSSR count). The predicted molar refractivity (Wildman–Crippen MR) is 50.7 cm³/mol. The molecule has 0 unspecified atom stereocenters. The Morgan fingerprint density at radius 2 is 1.75 bits per heavy atom. The van der Waals surface area contributed by atoms with Crippen LogP contribution in [0.25, 0.3) is 0 Å². The second-order valence-corrected chi connectivity index (χ2v) is 3.65. The molecule has 1 aromatic heterocycles. The summed E-state index contributed by atoms with van der Waals surface area (Å²) in [6, 6.07) is 6.21. The van der Waals surface area contributed by atoms with Gasteiger partial charge in [-0.25, -0.2) is 4.57 Å². The van der Waals surface area contributed by atoms with Crippen molar-refractivity contribution in [3.63, 3.8) is 0 Å². The second kappa shape index (κ2) is 4.91. The minimum absolute atomic E-state index is 0.828. The number of aromatic nitrogens is 1. The van der Waals surface area contributed by atoms with Crippen LogP contribution in [-0.2, 0) is 6.54 Å². The Morgan fingerprint density at radius 3 is 2.33 bits per heavy atom. The summed E-state index contributed by atoms with van der Waals surface area (Å²) in [6.45, 7) is 5.70. The van der Waals surface area contributed by atoms with E-state index in [9.17, 15) is 0 Å². The molecule has 0 saturated carbocycles. The van der Waals surface area contributed by atoms with Crippen molar-refractivity contribution in [2.75, 3.05) is 0 Å². The van der Waals surface area contributed by atoms with Crippen molar-refractivity contribution in [3.8, 4) is 0 Å². The highest BCUT2D eigenvalue weighted by Crippen LogP contribution is 2.02. The van der Waals surface area contributed by atoms with Crippen LogP contribution in [0, 0.1) is 5.92 Å². The first kappa shape index (κ1) is 9.24. The van der Waals surface area contributed by atoms with Gasteiger partial charge in [-0.15, -0.1) is 0 Å². The van der Waals surface area contributed by atoms with E-state index in [1.807, 2.05) is 0 Å². The van der Waals surface area contributed by atoms with Crippen LogP contribution in [-0.4, -0.2) is 0 Å². The van der Waals surface area contributed by atoms with Gasteiger partial charge in [0.15, 0.2) is 12.4 Å². The Kier molecular flexibility index (Phi) is 3.78. The molecule has 0 N–H and O–H groups in total. The summed E-state index contributed by atoms with van der Waals surface area (Å²) in [4.78, 5) is 0. The van der Waals surface area contributed by atoms with Gasteiger partial charge in [0.25, 0.3) is 0 Å². The molecule has 66 valence electrons. The maximum atomic E-state index is 2.27. The minimum Gasteiger partial charge on any atom is -0.205 e. The quantitative estimate of drug-likeness (QED) is 0.602. The third-order valence-corrected chi connectivity index (χ3v) is 1.98. The van der Waals surface area contributed by atoms with Gasteiger partial charge >= 0.3 is 0 Å². The summed E-state index contributed by atoms with van der Waals surface area (Å²) in [6.07, 6.45) is 6.86.